The van der Waals surface area contributed by atoms with Crippen LogP contribution in [0, 0.1) is 5.92 Å². The molecule has 2 rings (SSSR count). The molecule has 0 unspecified atom stereocenters. The Kier molecular flexibility index (Phi) is 6.13. The highest BCUT2D eigenvalue weighted by Gasteiger charge is 2.22. The molecule has 0 aliphatic rings. The molecule has 0 spiro atoms. The fourth-order valence-corrected chi connectivity index (χ4v) is 3.02. The Morgan fingerprint density at radius 3 is 2.60 bits per heavy atom. The highest BCUT2D eigenvalue weighted by molar-refractivity contribution is 7.86. The first-order valence-corrected chi connectivity index (χ1v) is 9.86. The van der Waals surface area contributed by atoms with Crippen LogP contribution in [0.25, 0.3) is 0 Å². The second-order valence-corrected chi connectivity index (χ2v) is 8.11. The van der Waals surface area contributed by atoms with E-state index in [0.29, 0.717) is 17.1 Å². The van der Waals surface area contributed by atoms with Gasteiger partial charge >= 0.3 is 10.1 Å². The Bertz CT molecular complexity index is 831. The Morgan fingerprint density at radius 2 is 2.04 bits per heavy atom. The SMILES string of the molecule is CC(C)CN(Cc1cc(Cl)ccc1OS(C)(=O)=O)C(=O)c1ccco1. The van der Waals surface area contributed by atoms with Gasteiger partial charge in [0.2, 0.25) is 0 Å². The number of hydrogen-bond donors (Lipinski definition) is 0. The quantitative estimate of drug-likeness (QED) is 0.681. The van der Waals surface area contributed by atoms with Gasteiger partial charge in [-0.3, -0.25) is 4.79 Å². The summed E-state index contributed by atoms with van der Waals surface area (Å²) in [6.07, 6.45) is 2.39. The lowest BCUT2D eigenvalue weighted by atomic mass is 10.1. The van der Waals surface area contributed by atoms with Crippen molar-refractivity contribution in [3.05, 3.63) is 52.9 Å². The lowest BCUT2D eigenvalue weighted by Gasteiger charge is -2.24. The van der Waals surface area contributed by atoms with Gasteiger partial charge in [-0.1, -0.05) is 25.4 Å². The van der Waals surface area contributed by atoms with E-state index >= 15 is 0 Å². The standard InChI is InChI=1S/C17H20ClNO5S/c1-12(2)10-19(17(20)16-5-4-8-23-16)11-13-9-14(18)6-7-15(13)24-25(3,21)22/h4-9,12H,10-11H2,1-3H3. The van der Waals surface area contributed by atoms with Gasteiger partial charge in [-0.2, -0.15) is 8.42 Å². The molecule has 136 valence electrons. The van der Waals surface area contributed by atoms with Gasteiger partial charge in [0.15, 0.2) is 5.76 Å². The summed E-state index contributed by atoms with van der Waals surface area (Å²) in [6.45, 7) is 4.57. The first-order chi connectivity index (χ1) is 11.7. The van der Waals surface area contributed by atoms with Crippen LogP contribution in [0.4, 0.5) is 0 Å². The zero-order chi connectivity index (χ0) is 18.6. The van der Waals surface area contributed by atoms with Crippen molar-refractivity contribution in [3.63, 3.8) is 0 Å². The van der Waals surface area contributed by atoms with Crippen LogP contribution in [0.1, 0.15) is 30.0 Å². The highest BCUT2D eigenvalue weighted by Crippen LogP contribution is 2.26. The maximum Gasteiger partial charge on any atom is 0.306 e. The zero-order valence-corrected chi connectivity index (χ0v) is 15.8. The van der Waals surface area contributed by atoms with E-state index in [0.717, 1.165) is 6.26 Å². The summed E-state index contributed by atoms with van der Waals surface area (Å²) in [5, 5.41) is 0.422. The first-order valence-electron chi connectivity index (χ1n) is 7.66. The molecule has 8 heteroatoms. The number of nitrogens with zero attached hydrogens (tertiary/aromatic N) is 1. The van der Waals surface area contributed by atoms with E-state index in [-0.39, 0.29) is 29.9 Å². The third-order valence-electron chi connectivity index (χ3n) is 3.23. The maximum atomic E-state index is 12.7. The lowest BCUT2D eigenvalue weighted by Crippen LogP contribution is -2.33. The van der Waals surface area contributed by atoms with Crippen molar-refractivity contribution >= 4 is 27.6 Å². The van der Waals surface area contributed by atoms with Crippen molar-refractivity contribution in [1.82, 2.24) is 4.90 Å². The van der Waals surface area contributed by atoms with Crippen molar-refractivity contribution in [2.45, 2.75) is 20.4 Å². The summed E-state index contributed by atoms with van der Waals surface area (Å²) in [5.41, 5.74) is 0.499. The molecule has 1 amide bonds. The molecule has 6 nitrogen and oxygen atoms in total. The van der Waals surface area contributed by atoms with Crippen molar-refractivity contribution in [3.8, 4) is 5.75 Å². The number of hydrogen-bond acceptors (Lipinski definition) is 5. The Hall–Kier alpha value is -1.99. The van der Waals surface area contributed by atoms with Crippen LogP contribution < -0.4 is 4.18 Å². The van der Waals surface area contributed by atoms with Crippen molar-refractivity contribution in [2.24, 2.45) is 5.92 Å². The van der Waals surface area contributed by atoms with Crippen LogP contribution in [-0.4, -0.2) is 32.0 Å². The predicted octanol–water partition coefficient (Wildman–Crippen LogP) is 3.57. The Morgan fingerprint density at radius 1 is 1.32 bits per heavy atom. The number of carbonyl (C=O) groups is 1. The Labute approximate surface area is 152 Å². The third kappa shape index (κ3) is 5.79. The van der Waals surface area contributed by atoms with Crippen molar-refractivity contribution in [2.75, 3.05) is 12.8 Å². The van der Waals surface area contributed by atoms with Crippen molar-refractivity contribution in [1.29, 1.82) is 0 Å². The van der Waals surface area contributed by atoms with Gasteiger partial charge < -0.3 is 13.5 Å². The number of benzene rings is 1. The minimum absolute atomic E-state index is 0.142. The number of carbonyl (C=O) groups excluding carboxylic acids is 1. The van der Waals surface area contributed by atoms with E-state index in [9.17, 15) is 13.2 Å². The molecule has 0 N–H and O–H groups in total. The number of furan rings is 1. The number of amides is 1. The predicted molar refractivity (Wildman–Crippen MR) is 95.2 cm³/mol. The molecule has 1 aromatic heterocycles. The normalized spacial score (nSPS) is 11.6. The molecule has 1 aromatic carbocycles. The molecule has 25 heavy (non-hydrogen) atoms. The third-order valence-corrected chi connectivity index (χ3v) is 3.95. The highest BCUT2D eigenvalue weighted by atomic mass is 35.5. The smallest absolute Gasteiger partial charge is 0.306 e. The fraction of sp³-hybridized carbons (Fsp3) is 0.353. The second kappa shape index (κ2) is 7.93. The molecule has 0 bridgehead atoms. The van der Waals surface area contributed by atoms with Crippen LogP contribution in [0.15, 0.2) is 41.0 Å². The second-order valence-electron chi connectivity index (χ2n) is 6.10. The summed E-state index contributed by atoms with van der Waals surface area (Å²) in [7, 11) is -3.70. The van der Waals surface area contributed by atoms with Crippen LogP contribution in [0.2, 0.25) is 5.02 Å². The largest absolute Gasteiger partial charge is 0.459 e. The van der Waals surface area contributed by atoms with Gasteiger partial charge in [-0.05, 0) is 36.2 Å². The molecule has 0 saturated carbocycles. The lowest BCUT2D eigenvalue weighted by molar-refractivity contribution is 0.0689. The van der Waals surface area contributed by atoms with Crippen LogP contribution >= 0.6 is 11.6 Å². The van der Waals surface area contributed by atoms with Crippen LogP contribution in [-0.2, 0) is 16.7 Å². The van der Waals surface area contributed by atoms with E-state index in [4.69, 9.17) is 20.2 Å². The van der Waals surface area contributed by atoms with Gasteiger partial charge in [0.25, 0.3) is 5.91 Å². The topological polar surface area (TPSA) is 76.8 Å². The van der Waals surface area contributed by atoms with Gasteiger partial charge in [-0.15, -0.1) is 0 Å². The van der Waals surface area contributed by atoms with E-state index in [1.807, 2.05) is 13.8 Å². The summed E-state index contributed by atoms with van der Waals surface area (Å²) >= 11 is 6.03. The first kappa shape index (κ1) is 19.3. The van der Waals surface area contributed by atoms with Crippen LogP contribution in [0.3, 0.4) is 0 Å². The number of rotatable bonds is 7. The molecule has 0 aliphatic heterocycles. The van der Waals surface area contributed by atoms with E-state index in [2.05, 4.69) is 0 Å². The summed E-state index contributed by atoms with van der Waals surface area (Å²) in [5.74, 6) is 0.280. The zero-order valence-electron chi connectivity index (χ0n) is 14.2. The molecular weight excluding hydrogens is 366 g/mol. The molecule has 0 saturated heterocycles. The average molecular weight is 386 g/mol. The molecule has 0 atom stereocenters. The molecule has 0 fully saturated rings. The van der Waals surface area contributed by atoms with Gasteiger partial charge in [0.05, 0.1) is 12.5 Å². The molecule has 2 aromatic rings. The van der Waals surface area contributed by atoms with Crippen molar-refractivity contribution < 1.29 is 21.8 Å². The minimum atomic E-state index is -3.70. The monoisotopic (exact) mass is 385 g/mol. The van der Waals surface area contributed by atoms with Gasteiger partial charge in [0.1, 0.15) is 5.75 Å². The van der Waals surface area contributed by atoms with Gasteiger partial charge in [0, 0.05) is 23.7 Å². The van der Waals surface area contributed by atoms with E-state index in [1.54, 1.807) is 23.1 Å². The molecule has 0 radical (unpaired) electrons. The average Bonchev–Trinajstić information content (AvgIpc) is 3.01. The molecule has 1 heterocycles. The minimum Gasteiger partial charge on any atom is -0.459 e. The van der Waals surface area contributed by atoms with E-state index < -0.39 is 10.1 Å². The molecule has 0 aliphatic carbocycles. The summed E-state index contributed by atoms with van der Waals surface area (Å²) in [6, 6.07) is 7.82. The Balaban J connectivity index is 2.34. The maximum absolute atomic E-state index is 12.7. The fourth-order valence-electron chi connectivity index (χ4n) is 2.34. The summed E-state index contributed by atoms with van der Waals surface area (Å²) in [4.78, 5) is 14.2. The van der Waals surface area contributed by atoms with Crippen LogP contribution in [0.5, 0.6) is 5.75 Å². The molecular formula is C17H20ClNO5S. The number of halogens is 1. The van der Waals surface area contributed by atoms with Gasteiger partial charge in [-0.25, -0.2) is 0 Å². The summed E-state index contributed by atoms with van der Waals surface area (Å²) < 4.78 is 33.1. The van der Waals surface area contributed by atoms with E-state index in [1.165, 1.54) is 18.4 Å².